The third-order valence-electron chi connectivity index (χ3n) is 6.08. The molecule has 0 amide bonds. The molecule has 4 rings (SSSR count). The molecule has 0 bridgehead atoms. The summed E-state index contributed by atoms with van der Waals surface area (Å²) in [7, 11) is 0. The average molecular weight is 386 g/mol. The van der Waals surface area contributed by atoms with Crippen LogP contribution in [0.4, 0.5) is 0 Å². The van der Waals surface area contributed by atoms with Crippen LogP contribution in [0, 0.1) is 12.8 Å². The van der Waals surface area contributed by atoms with E-state index in [-0.39, 0.29) is 23.8 Å². The van der Waals surface area contributed by atoms with Crippen LogP contribution in [0.3, 0.4) is 0 Å². The van der Waals surface area contributed by atoms with Crippen molar-refractivity contribution >= 4 is 23.4 Å². The Morgan fingerprint density at radius 1 is 1.19 bits per heavy atom. The van der Waals surface area contributed by atoms with Gasteiger partial charge in [0.25, 0.3) is 0 Å². The van der Waals surface area contributed by atoms with Crippen LogP contribution in [-0.2, 0) is 11.2 Å². The van der Waals surface area contributed by atoms with Crippen LogP contribution in [0.1, 0.15) is 76.2 Å². The molecule has 27 heavy (non-hydrogen) atoms. The normalized spacial score (nSPS) is 24.7. The number of rotatable bonds is 3. The van der Waals surface area contributed by atoms with Gasteiger partial charge in [0.1, 0.15) is 11.8 Å². The van der Waals surface area contributed by atoms with Gasteiger partial charge in [-0.1, -0.05) is 30.7 Å². The van der Waals surface area contributed by atoms with Crippen molar-refractivity contribution < 1.29 is 14.3 Å². The largest absolute Gasteiger partial charge is 0.457 e. The molecule has 0 unspecified atom stereocenters. The van der Waals surface area contributed by atoms with E-state index < -0.39 is 0 Å². The third kappa shape index (κ3) is 3.43. The number of fused-ring (bicyclic) bond motifs is 1. The number of carbonyl (C=O) groups is 2. The summed E-state index contributed by atoms with van der Waals surface area (Å²) in [5, 5.41) is 0.684. The summed E-state index contributed by atoms with van der Waals surface area (Å²) in [6.07, 6.45) is 4.25. The fourth-order valence-corrected chi connectivity index (χ4v) is 4.62. The fourth-order valence-electron chi connectivity index (χ4n) is 4.49. The first-order valence-corrected chi connectivity index (χ1v) is 10.0. The molecular weight excluding hydrogens is 362 g/mol. The predicted octanol–water partition coefficient (Wildman–Crippen LogP) is 5.23. The SMILES string of the molecule is Cc1c(C(=O)O[C@H]2CCC[C@@H]2C)[nH]c2c1C(=O)C[C@@H](c1ccc(Cl)cc1)C2. The molecule has 1 aromatic carbocycles. The first kappa shape index (κ1) is 18.3. The molecule has 0 radical (unpaired) electrons. The van der Waals surface area contributed by atoms with Gasteiger partial charge in [-0.3, -0.25) is 4.79 Å². The first-order valence-electron chi connectivity index (χ1n) is 9.65. The molecule has 2 aromatic rings. The highest BCUT2D eigenvalue weighted by Gasteiger charge is 2.34. The monoisotopic (exact) mass is 385 g/mol. The molecule has 1 aromatic heterocycles. The van der Waals surface area contributed by atoms with Crippen LogP contribution in [0.15, 0.2) is 24.3 Å². The maximum absolute atomic E-state index is 12.8. The number of aromatic amines is 1. The molecule has 5 heteroatoms. The molecular formula is C22H24ClNO3. The zero-order valence-electron chi connectivity index (χ0n) is 15.7. The minimum atomic E-state index is -0.337. The molecule has 3 atom stereocenters. The number of carbonyl (C=O) groups excluding carboxylic acids is 2. The standard InChI is InChI=1S/C22H24ClNO3/c1-12-4-3-5-19(12)27-22(26)21-13(2)20-17(24-21)10-15(11-18(20)25)14-6-8-16(23)9-7-14/h6-9,12,15,19,24H,3-5,10-11H2,1-2H3/t12-,15-,19-/m0/s1. The lowest BCUT2D eigenvalue weighted by Gasteiger charge is -2.22. The molecule has 2 aliphatic carbocycles. The van der Waals surface area contributed by atoms with E-state index in [4.69, 9.17) is 16.3 Å². The molecule has 4 nitrogen and oxygen atoms in total. The van der Waals surface area contributed by atoms with Crippen LogP contribution in [0.2, 0.25) is 5.02 Å². The van der Waals surface area contributed by atoms with E-state index in [2.05, 4.69) is 11.9 Å². The third-order valence-corrected chi connectivity index (χ3v) is 6.33. The van der Waals surface area contributed by atoms with Crippen molar-refractivity contribution in [1.29, 1.82) is 0 Å². The Balaban J connectivity index is 1.58. The van der Waals surface area contributed by atoms with Gasteiger partial charge in [-0.05, 0) is 67.7 Å². The van der Waals surface area contributed by atoms with E-state index >= 15 is 0 Å². The van der Waals surface area contributed by atoms with Gasteiger partial charge in [0.05, 0.1) is 0 Å². The smallest absolute Gasteiger partial charge is 0.355 e. The second-order valence-electron chi connectivity index (χ2n) is 7.91. The lowest BCUT2D eigenvalue weighted by molar-refractivity contribution is 0.0219. The number of hydrogen-bond acceptors (Lipinski definition) is 3. The molecule has 1 saturated carbocycles. The van der Waals surface area contributed by atoms with Gasteiger partial charge in [0.2, 0.25) is 0 Å². The van der Waals surface area contributed by atoms with Crippen LogP contribution < -0.4 is 0 Å². The molecule has 0 saturated heterocycles. The number of Topliss-reactive ketones (excluding diaryl/α,β-unsaturated/α-hetero) is 1. The van der Waals surface area contributed by atoms with Gasteiger partial charge in [-0.25, -0.2) is 4.79 Å². The van der Waals surface area contributed by atoms with Gasteiger partial charge in [-0.2, -0.15) is 0 Å². The van der Waals surface area contributed by atoms with Crippen molar-refractivity contribution in [2.24, 2.45) is 5.92 Å². The van der Waals surface area contributed by atoms with Gasteiger partial charge in [0.15, 0.2) is 5.78 Å². The summed E-state index contributed by atoms with van der Waals surface area (Å²) < 4.78 is 5.73. The average Bonchev–Trinajstić information content (AvgIpc) is 3.19. The zero-order chi connectivity index (χ0) is 19.1. The number of nitrogens with one attached hydrogen (secondary N) is 1. The van der Waals surface area contributed by atoms with Crippen LogP contribution in [0.5, 0.6) is 0 Å². The topological polar surface area (TPSA) is 59.2 Å². The Kier molecular flexibility index (Phi) is 4.85. The van der Waals surface area contributed by atoms with E-state index in [1.54, 1.807) is 0 Å². The molecule has 1 fully saturated rings. The molecule has 0 aliphatic heterocycles. The number of ketones is 1. The highest BCUT2D eigenvalue weighted by molar-refractivity contribution is 6.30. The molecule has 1 N–H and O–H groups in total. The number of H-pyrrole nitrogens is 1. The Morgan fingerprint density at radius 3 is 2.59 bits per heavy atom. The number of benzene rings is 1. The van der Waals surface area contributed by atoms with E-state index in [1.165, 1.54) is 0 Å². The molecule has 1 heterocycles. The van der Waals surface area contributed by atoms with E-state index in [9.17, 15) is 9.59 Å². The first-order chi connectivity index (χ1) is 12.9. The second kappa shape index (κ2) is 7.16. The van der Waals surface area contributed by atoms with Crippen molar-refractivity contribution in [3.05, 3.63) is 57.4 Å². The van der Waals surface area contributed by atoms with E-state index in [0.717, 1.165) is 36.1 Å². The lowest BCUT2D eigenvalue weighted by Crippen LogP contribution is -2.21. The van der Waals surface area contributed by atoms with Gasteiger partial charge in [-0.15, -0.1) is 0 Å². The van der Waals surface area contributed by atoms with Crippen LogP contribution >= 0.6 is 11.6 Å². The number of halogens is 1. The van der Waals surface area contributed by atoms with Gasteiger partial charge < -0.3 is 9.72 Å². The second-order valence-corrected chi connectivity index (χ2v) is 8.35. The number of hydrogen-bond donors (Lipinski definition) is 1. The Bertz CT molecular complexity index is 884. The highest BCUT2D eigenvalue weighted by Crippen LogP contribution is 2.36. The fraction of sp³-hybridized carbons (Fsp3) is 0.455. The van der Waals surface area contributed by atoms with E-state index in [0.29, 0.717) is 35.0 Å². The summed E-state index contributed by atoms with van der Waals surface area (Å²) in [4.78, 5) is 28.7. The maximum Gasteiger partial charge on any atom is 0.355 e. The molecule has 142 valence electrons. The zero-order valence-corrected chi connectivity index (χ0v) is 16.4. The minimum absolute atomic E-state index is 0.0188. The van der Waals surface area contributed by atoms with Gasteiger partial charge in [0, 0.05) is 22.7 Å². The summed E-state index contributed by atoms with van der Waals surface area (Å²) in [5.74, 6) is 0.239. The predicted molar refractivity (Wildman–Crippen MR) is 105 cm³/mol. The van der Waals surface area contributed by atoms with Crippen molar-refractivity contribution in [1.82, 2.24) is 4.98 Å². The Labute approximate surface area is 164 Å². The van der Waals surface area contributed by atoms with Gasteiger partial charge >= 0.3 is 5.97 Å². The highest BCUT2D eigenvalue weighted by atomic mass is 35.5. The minimum Gasteiger partial charge on any atom is -0.457 e. The maximum atomic E-state index is 12.8. The number of ether oxygens (including phenoxy) is 1. The van der Waals surface area contributed by atoms with Crippen molar-refractivity contribution in [3.63, 3.8) is 0 Å². The lowest BCUT2D eigenvalue weighted by atomic mass is 9.81. The number of aromatic nitrogens is 1. The quantitative estimate of drug-likeness (QED) is 0.735. The summed E-state index contributed by atoms with van der Waals surface area (Å²) in [6, 6.07) is 7.64. The van der Waals surface area contributed by atoms with Crippen molar-refractivity contribution in [2.75, 3.05) is 0 Å². The molecule has 0 spiro atoms. The Hall–Kier alpha value is -2.07. The summed E-state index contributed by atoms with van der Waals surface area (Å²) >= 11 is 5.97. The van der Waals surface area contributed by atoms with Crippen LogP contribution in [0.25, 0.3) is 0 Å². The molecule has 2 aliphatic rings. The van der Waals surface area contributed by atoms with Crippen molar-refractivity contribution in [2.45, 2.75) is 58.0 Å². The van der Waals surface area contributed by atoms with Crippen LogP contribution in [-0.4, -0.2) is 22.8 Å². The summed E-state index contributed by atoms with van der Waals surface area (Å²) in [5.41, 5.74) is 3.76. The number of esters is 1. The van der Waals surface area contributed by atoms with E-state index in [1.807, 2.05) is 31.2 Å². The van der Waals surface area contributed by atoms with Crippen molar-refractivity contribution in [3.8, 4) is 0 Å². The Morgan fingerprint density at radius 2 is 1.93 bits per heavy atom. The summed E-state index contributed by atoms with van der Waals surface area (Å²) in [6.45, 7) is 3.96.